The Kier molecular flexibility index (Phi) is 4.03. The average molecular weight is 274 g/mol. The number of nitrogens with zero attached hydrogens (tertiary/aromatic N) is 1. The Balaban J connectivity index is 1.76. The molecule has 4 nitrogen and oxygen atoms in total. The van der Waals surface area contributed by atoms with Gasteiger partial charge in [-0.05, 0) is 37.3 Å². The second-order valence-corrected chi connectivity index (χ2v) is 5.67. The van der Waals surface area contributed by atoms with Crippen LogP contribution in [0.1, 0.15) is 36.6 Å². The maximum Gasteiger partial charge on any atom is 0.238 e. The van der Waals surface area contributed by atoms with Gasteiger partial charge in [0.15, 0.2) is 0 Å². The third-order valence-electron chi connectivity index (χ3n) is 4.24. The van der Waals surface area contributed by atoms with Crippen molar-refractivity contribution in [2.75, 3.05) is 19.7 Å². The van der Waals surface area contributed by atoms with Gasteiger partial charge in [-0.3, -0.25) is 10.1 Å². The molecule has 0 aromatic heterocycles. The van der Waals surface area contributed by atoms with Gasteiger partial charge in [0.05, 0.1) is 12.6 Å². The van der Waals surface area contributed by atoms with Gasteiger partial charge in [0.25, 0.3) is 0 Å². The van der Waals surface area contributed by atoms with Crippen molar-refractivity contribution in [2.45, 2.75) is 38.5 Å². The molecule has 2 saturated heterocycles. The molecule has 4 heteroatoms. The molecule has 1 amide bonds. The fraction of sp³-hybridized carbons (Fsp3) is 0.562. The van der Waals surface area contributed by atoms with Crippen molar-refractivity contribution < 1.29 is 9.53 Å². The van der Waals surface area contributed by atoms with Crippen LogP contribution >= 0.6 is 0 Å². The number of amides is 1. The van der Waals surface area contributed by atoms with Crippen LogP contribution in [0.5, 0.6) is 0 Å². The van der Waals surface area contributed by atoms with Crippen LogP contribution in [0.15, 0.2) is 24.3 Å². The van der Waals surface area contributed by atoms with E-state index in [1.807, 2.05) is 17.0 Å². The van der Waals surface area contributed by atoms with Gasteiger partial charge in [0.1, 0.15) is 6.17 Å². The molecule has 2 aliphatic heterocycles. The minimum absolute atomic E-state index is 0.00535. The zero-order valence-corrected chi connectivity index (χ0v) is 12.0. The third-order valence-corrected chi connectivity index (χ3v) is 4.24. The van der Waals surface area contributed by atoms with E-state index in [0.29, 0.717) is 13.1 Å². The highest BCUT2D eigenvalue weighted by Gasteiger charge is 2.34. The molecule has 0 spiro atoms. The Bertz CT molecular complexity index is 483. The fourth-order valence-corrected chi connectivity index (χ4v) is 3.09. The predicted molar refractivity (Wildman–Crippen MR) is 77.2 cm³/mol. The summed E-state index contributed by atoms with van der Waals surface area (Å²) >= 11 is 0. The summed E-state index contributed by atoms with van der Waals surface area (Å²) in [6.07, 6.45) is 3.59. The molecule has 2 heterocycles. The van der Waals surface area contributed by atoms with Crippen molar-refractivity contribution >= 4 is 5.91 Å². The van der Waals surface area contributed by atoms with Crippen LogP contribution in [0.4, 0.5) is 0 Å². The summed E-state index contributed by atoms with van der Waals surface area (Å²) in [6, 6.07) is 8.25. The Morgan fingerprint density at radius 1 is 1.35 bits per heavy atom. The van der Waals surface area contributed by atoms with E-state index in [4.69, 9.17) is 4.74 Å². The Morgan fingerprint density at radius 2 is 2.20 bits per heavy atom. The highest BCUT2D eigenvalue weighted by Crippen LogP contribution is 2.26. The van der Waals surface area contributed by atoms with E-state index in [1.54, 1.807) is 0 Å². The molecule has 0 radical (unpaired) electrons. The lowest BCUT2D eigenvalue weighted by molar-refractivity contribution is -0.130. The summed E-state index contributed by atoms with van der Waals surface area (Å²) in [4.78, 5) is 14.1. The molecule has 2 fully saturated rings. The van der Waals surface area contributed by atoms with Crippen LogP contribution in [0.2, 0.25) is 0 Å². The lowest BCUT2D eigenvalue weighted by Gasteiger charge is -2.31. The molecule has 0 aliphatic carbocycles. The number of hydrogen-bond donors (Lipinski definition) is 1. The zero-order chi connectivity index (χ0) is 13.9. The highest BCUT2D eigenvalue weighted by atomic mass is 16.5. The van der Waals surface area contributed by atoms with E-state index in [1.165, 1.54) is 17.5 Å². The first-order chi connectivity index (χ1) is 9.75. The summed E-state index contributed by atoms with van der Waals surface area (Å²) < 4.78 is 5.78. The molecule has 0 saturated carbocycles. The summed E-state index contributed by atoms with van der Waals surface area (Å²) in [5.41, 5.74) is 2.41. The van der Waals surface area contributed by atoms with Crippen LogP contribution in [0.25, 0.3) is 0 Å². The summed E-state index contributed by atoms with van der Waals surface area (Å²) in [6.45, 7) is 4.04. The fourth-order valence-electron chi connectivity index (χ4n) is 3.09. The summed E-state index contributed by atoms with van der Waals surface area (Å²) in [5, 5.41) is 3.32. The predicted octanol–water partition coefficient (Wildman–Crippen LogP) is 1.99. The normalized spacial score (nSPS) is 27.1. The zero-order valence-electron chi connectivity index (χ0n) is 12.0. The number of benzene rings is 1. The number of aryl methyl sites for hydroxylation is 1. The van der Waals surface area contributed by atoms with E-state index in [2.05, 4.69) is 24.4 Å². The number of rotatable bonds is 3. The third kappa shape index (κ3) is 2.72. The van der Waals surface area contributed by atoms with E-state index in [-0.39, 0.29) is 18.2 Å². The largest absolute Gasteiger partial charge is 0.376 e. The second-order valence-electron chi connectivity index (χ2n) is 5.67. The van der Waals surface area contributed by atoms with Crippen LogP contribution in [-0.4, -0.2) is 36.6 Å². The Hall–Kier alpha value is -1.39. The van der Waals surface area contributed by atoms with Gasteiger partial charge in [-0.1, -0.05) is 24.3 Å². The van der Waals surface area contributed by atoms with Gasteiger partial charge in [-0.15, -0.1) is 0 Å². The molecular formula is C16H22N2O2. The lowest BCUT2D eigenvalue weighted by atomic mass is 10.0. The number of carbonyl (C=O) groups is 1. The maximum atomic E-state index is 12.2. The van der Waals surface area contributed by atoms with Gasteiger partial charge in [0.2, 0.25) is 5.91 Å². The molecule has 1 N–H and O–H groups in total. The van der Waals surface area contributed by atoms with Crippen molar-refractivity contribution in [3.63, 3.8) is 0 Å². The van der Waals surface area contributed by atoms with Crippen molar-refractivity contribution in [2.24, 2.45) is 0 Å². The number of carbonyl (C=O) groups excluding carboxylic acids is 1. The van der Waals surface area contributed by atoms with E-state index in [0.717, 1.165) is 19.4 Å². The lowest BCUT2D eigenvalue weighted by Crippen LogP contribution is -2.39. The Labute approximate surface area is 120 Å². The molecule has 2 unspecified atom stereocenters. The standard InChI is InChI=1S/C16H22N2O2/c1-12-6-2-3-8-14(12)16-17-10-15(19)18(16)11-13-7-4-5-9-20-13/h2-3,6,8,13,16-17H,4-5,7,9-11H2,1H3. The monoisotopic (exact) mass is 274 g/mol. The van der Waals surface area contributed by atoms with Gasteiger partial charge in [-0.2, -0.15) is 0 Å². The molecule has 0 bridgehead atoms. The van der Waals surface area contributed by atoms with Gasteiger partial charge >= 0.3 is 0 Å². The van der Waals surface area contributed by atoms with E-state index < -0.39 is 0 Å². The minimum atomic E-state index is -0.00535. The van der Waals surface area contributed by atoms with Gasteiger partial charge < -0.3 is 9.64 Å². The SMILES string of the molecule is Cc1ccccc1C1NCC(=O)N1CC1CCCCO1. The van der Waals surface area contributed by atoms with Crippen molar-refractivity contribution in [3.05, 3.63) is 35.4 Å². The number of hydrogen-bond acceptors (Lipinski definition) is 3. The molecule has 1 aromatic carbocycles. The average Bonchev–Trinajstić information content (AvgIpc) is 2.82. The first-order valence-electron chi connectivity index (χ1n) is 7.45. The maximum absolute atomic E-state index is 12.2. The van der Waals surface area contributed by atoms with Gasteiger partial charge in [0, 0.05) is 13.2 Å². The van der Waals surface area contributed by atoms with Crippen LogP contribution in [-0.2, 0) is 9.53 Å². The highest BCUT2D eigenvalue weighted by molar-refractivity contribution is 5.81. The van der Waals surface area contributed by atoms with Crippen LogP contribution in [0.3, 0.4) is 0 Å². The minimum Gasteiger partial charge on any atom is -0.376 e. The molecule has 2 aliphatic rings. The topological polar surface area (TPSA) is 41.6 Å². The molecule has 108 valence electrons. The molecule has 1 aromatic rings. The number of ether oxygens (including phenoxy) is 1. The van der Waals surface area contributed by atoms with Crippen molar-refractivity contribution in [1.82, 2.24) is 10.2 Å². The van der Waals surface area contributed by atoms with Crippen LogP contribution in [0, 0.1) is 6.92 Å². The smallest absolute Gasteiger partial charge is 0.238 e. The van der Waals surface area contributed by atoms with E-state index in [9.17, 15) is 4.79 Å². The van der Waals surface area contributed by atoms with E-state index >= 15 is 0 Å². The molecule has 3 rings (SSSR count). The second kappa shape index (κ2) is 5.94. The van der Waals surface area contributed by atoms with Gasteiger partial charge in [-0.25, -0.2) is 0 Å². The van der Waals surface area contributed by atoms with Crippen LogP contribution < -0.4 is 5.32 Å². The molecule has 2 atom stereocenters. The summed E-state index contributed by atoms with van der Waals surface area (Å²) in [5.74, 6) is 0.174. The Morgan fingerprint density at radius 3 is 2.95 bits per heavy atom. The first kappa shape index (κ1) is 13.6. The molecular weight excluding hydrogens is 252 g/mol. The molecule has 20 heavy (non-hydrogen) atoms. The van der Waals surface area contributed by atoms with Crippen molar-refractivity contribution in [3.8, 4) is 0 Å². The first-order valence-corrected chi connectivity index (χ1v) is 7.45. The van der Waals surface area contributed by atoms with Crippen molar-refractivity contribution in [1.29, 1.82) is 0 Å². The quantitative estimate of drug-likeness (QED) is 0.916. The summed E-state index contributed by atoms with van der Waals surface area (Å²) in [7, 11) is 0. The number of nitrogens with one attached hydrogen (secondary N) is 1.